The van der Waals surface area contributed by atoms with Crippen LogP contribution < -0.4 is 4.72 Å². The molecule has 0 bridgehead atoms. The zero-order valence-electron chi connectivity index (χ0n) is 15.1. The van der Waals surface area contributed by atoms with Crippen LogP contribution in [0.25, 0.3) is 0 Å². The fourth-order valence-corrected chi connectivity index (χ4v) is 3.18. The van der Waals surface area contributed by atoms with Gasteiger partial charge in [0.1, 0.15) is 6.54 Å². The standard InChI is InChI=1S/C16H23N5O4S/c1-4-5-8-21-15(18-19-20-21)11-25-16(22)10-17-26(23,24)14-7-6-12(2)13(3)9-14/h6-7,9,17H,4-5,8,10-11H2,1-3H3. The Kier molecular flexibility index (Phi) is 6.81. The highest BCUT2D eigenvalue weighted by molar-refractivity contribution is 7.89. The average molecular weight is 381 g/mol. The van der Waals surface area contributed by atoms with Crippen LogP contribution in [0, 0.1) is 13.8 Å². The topological polar surface area (TPSA) is 116 Å². The number of unbranched alkanes of at least 4 members (excludes halogenated alkanes) is 1. The van der Waals surface area contributed by atoms with Crippen molar-refractivity contribution in [2.45, 2.75) is 51.7 Å². The first-order valence-corrected chi connectivity index (χ1v) is 9.79. The van der Waals surface area contributed by atoms with E-state index >= 15 is 0 Å². The second kappa shape index (κ2) is 8.86. The highest BCUT2D eigenvalue weighted by atomic mass is 32.2. The van der Waals surface area contributed by atoms with Crippen LogP contribution in [-0.4, -0.2) is 41.1 Å². The van der Waals surface area contributed by atoms with Crippen LogP contribution in [-0.2, 0) is 32.7 Å². The van der Waals surface area contributed by atoms with E-state index in [1.807, 2.05) is 20.8 Å². The summed E-state index contributed by atoms with van der Waals surface area (Å²) in [5.41, 5.74) is 1.85. The average Bonchev–Trinajstić information content (AvgIpc) is 3.06. The molecule has 9 nitrogen and oxygen atoms in total. The molecule has 1 aromatic heterocycles. The molecule has 0 amide bonds. The fraction of sp³-hybridized carbons (Fsp3) is 0.500. The number of aryl methyl sites for hydroxylation is 3. The summed E-state index contributed by atoms with van der Waals surface area (Å²) in [4.78, 5) is 11.9. The molecule has 2 rings (SSSR count). The third-order valence-electron chi connectivity index (χ3n) is 3.89. The van der Waals surface area contributed by atoms with Crippen LogP contribution in [0.5, 0.6) is 0 Å². The Labute approximate surface area is 152 Å². The number of esters is 1. The molecule has 0 saturated carbocycles. The van der Waals surface area contributed by atoms with Gasteiger partial charge in [-0.1, -0.05) is 19.4 Å². The largest absolute Gasteiger partial charge is 0.456 e. The van der Waals surface area contributed by atoms with Crippen LogP contribution in [0.4, 0.5) is 0 Å². The maximum atomic E-state index is 12.3. The quantitative estimate of drug-likeness (QED) is 0.647. The molecule has 1 heterocycles. The van der Waals surface area contributed by atoms with Crippen molar-refractivity contribution in [3.05, 3.63) is 35.2 Å². The van der Waals surface area contributed by atoms with Gasteiger partial charge >= 0.3 is 5.97 Å². The minimum Gasteiger partial charge on any atom is -0.456 e. The molecule has 1 N–H and O–H groups in total. The van der Waals surface area contributed by atoms with Crippen LogP contribution in [0.2, 0.25) is 0 Å². The molecule has 26 heavy (non-hydrogen) atoms. The van der Waals surface area contributed by atoms with Crippen molar-refractivity contribution >= 4 is 16.0 Å². The lowest BCUT2D eigenvalue weighted by atomic mass is 10.1. The van der Waals surface area contributed by atoms with Gasteiger partial charge in [0, 0.05) is 6.54 Å². The SMILES string of the molecule is CCCCn1nnnc1COC(=O)CNS(=O)(=O)c1ccc(C)c(C)c1. The molecule has 0 fully saturated rings. The maximum Gasteiger partial charge on any atom is 0.321 e. The molecule has 0 aliphatic heterocycles. The van der Waals surface area contributed by atoms with Crippen molar-refractivity contribution < 1.29 is 17.9 Å². The third-order valence-corrected chi connectivity index (χ3v) is 5.29. The summed E-state index contributed by atoms with van der Waals surface area (Å²) in [5, 5.41) is 11.2. The zero-order valence-corrected chi connectivity index (χ0v) is 15.9. The molecule has 2 aromatic rings. The van der Waals surface area contributed by atoms with Gasteiger partial charge in [-0.05, 0) is 54.0 Å². The summed E-state index contributed by atoms with van der Waals surface area (Å²) in [7, 11) is -3.78. The van der Waals surface area contributed by atoms with E-state index in [1.54, 1.807) is 16.8 Å². The first kappa shape index (κ1) is 20.0. The summed E-state index contributed by atoms with van der Waals surface area (Å²) in [6, 6.07) is 4.78. The Bertz CT molecular complexity index is 863. The van der Waals surface area contributed by atoms with Crippen LogP contribution in [0.15, 0.2) is 23.1 Å². The number of benzene rings is 1. The summed E-state index contributed by atoms with van der Waals surface area (Å²) in [5.74, 6) is -0.286. The van der Waals surface area contributed by atoms with Gasteiger partial charge in [0.15, 0.2) is 12.4 Å². The van der Waals surface area contributed by atoms with Crippen molar-refractivity contribution in [1.29, 1.82) is 0 Å². The van der Waals surface area contributed by atoms with Crippen molar-refractivity contribution in [1.82, 2.24) is 24.9 Å². The predicted molar refractivity (Wildman–Crippen MR) is 93.6 cm³/mol. The normalized spacial score (nSPS) is 11.5. The predicted octanol–water partition coefficient (Wildman–Crippen LogP) is 1.11. The molecular weight excluding hydrogens is 358 g/mol. The van der Waals surface area contributed by atoms with E-state index in [2.05, 4.69) is 20.2 Å². The number of nitrogens with zero attached hydrogens (tertiary/aromatic N) is 4. The summed E-state index contributed by atoms with van der Waals surface area (Å²) >= 11 is 0. The number of ether oxygens (including phenoxy) is 1. The molecule has 10 heteroatoms. The molecule has 0 radical (unpaired) electrons. The Balaban J connectivity index is 1.88. The van der Waals surface area contributed by atoms with Crippen molar-refractivity contribution in [3.8, 4) is 0 Å². The monoisotopic (exact) mass is 381 g/mol. The first-order valence-electron chi connectivity index (χ1n) is 8.31. The lowest BCUT2D eigenvalue weighted by Crippen LogP contribution is -2.31. The number of carbonyl (C=O) groups is 1. The van der Waals surface area contributed by atoms with Gasteiger partial charge in [-0.15, -0.1) is 5.10 Å². The number of hydrogen-bond acceptors (Lipinski definition) is 7. The van der Waals surface area contributed by atoms with Crippen LogP contribution >= 0.6 is 0 Å². The van der Waals surface area contributed by atoms with Gasteiger partial charge in [-0.25, -0.2) is 13.1 Å². The van der Waals surface area contributed by atoms with Crippen LogP contribution in [0.1, 0.15) is 36.7 Å². The third kappa shape index (κ3) is 5.33. The van der Waals surface area contributed by atoms with Crippen molar-refractivity contribution in [3.63, 3.8) is 0 Å². The Morgan fingerprint density at radius 1 is 1.27 bits per heavy atom. The van der Waals surface area contributed by atoms with E-state index in [9.17, 15) is 13.2 Å². The van der Waals surface area contributed by atoms with Gasteiger partial charge in [0.05, 0.1) is 4.90 Å². The van der Waals surface area contributed by atoms with E-state index < -0.39 is 22.5 Å². The molecule has 1 aromatic carbocycles. The fourth-order valence-electron chi connectivity index (χ4n) is 2.12. The maximum absolute atomic E-state index is 12.3. The lowest BCUT2D eigenvalue weighted by Gasteiger charge is -2.09. The Hall–Kier alpha value is -2.33. The minimum atomic E-state index is -3.78. The molecule has 142 valence electrons. The lowest BCUT2D eigenvalue weighted by molar-refractivity contribution is -0.143. The number of tetrazole rings is 1. The number of hydrogen-bond donors (Lipinski definition) is 1. The molecule has 0 aliphatic carbocycles. The second-order valence-electron chi connectivity index (χ2n) is 5.90. The zero-order chi connectivity index (χ0) is 19.2. The molecule has 0 unspecified atom stereocenters. The van der Waals surface area contributed by atoms with Crippen molar-refractivity contribution in [2.24, 2.45) is 0 Å². The van der Waals surface area contributed by atoms with Gasteiger partial charge in [0.25, 0.3) is 0 Å². The number of nitrogens with one attached hydrogen (secondary N) is 1. The van der Waals surface area contributed by atoms with E-state index in [0.29, 0.717) is 12.4 Å². The van der Waals surface area contributed by atoms with Gasteiger partial charge < -0.3 is 4.74 Å². The number of sulfonamides is 1. The molecule has 0 saturated heterocycles. The number of rotatable bonds is 9. The molecule has 0 spiro atoms. The van der Waals surface area contributed by atoms with Gasteiger partial charge in [-0.3, -0.25) is 4.79 Å². The Morgan fingerprint density at radius 3 is 2.73 bits per heavy atom. The smallest absolute Gasteiger partial charge is 0.321 e. The van der Waals surface area contributed by atoms with E-state index in [-0.39, 0.29) is 11.5 Å². The summed E-state index contributed by atoms with van der Waals surface area (Å²) in [6.45, 7) is 5.82. The van der Waals surface area contributed by atoms with Gasteiger partial charge in [0.2, 0.25) is 10.0 Å². The second-order valence-corrected chi connectivity index (χ2v) is 7.67. The van der Waals surface area contributed by atoms with E-state index in [1.165, 1.54) is 6.07 Å². The van der Waals surface area contributed by atoms with Crippen LogP contribution in [0.3, 0.4) is 0 Å². The summed E-state index contributed by atoms with van der Waals surface area (Å²) < 4.78 is 33.4. The minimum absolute atomic E-state index is 0.108. The summed E-state index contributed by atoms with van der Waals surface area (Å²) in [6.07, 6.45) is 1.89. The van der Waals surface area contributed by atoms with E-state index in [4.69, 9.17) is 4.74 Å². The van der Waals surface area contributed by atoms with E-state index in [0.717, 1.165) is 24.0 Å². The first-order chi connectivity index (χ1) is 12.3. The number of carbonyl (C=O) groups excluding carboxylic acids is 1. The molecule has 0 aliphatic rings. The van der Waals surface area contributed by atoms with Crippen molar-refractivity contribution in [2.75, 3.05) is 6.54 Å². The molecular formula is C16H23N5O4S. The van der Waals surface area contributed by atoms with Gasteiger partial charge in [-0.2, -0.15) is 4.72 Å². The highest BCUT2D eigenvalue weighted by Gasteiger charge is 2.17. The highest BCUT2D eigenvalue weighted by Crippen LogP contribution is 2.14. The molecule has 0 atom stereocenters. The Morgan fingerprint density at radius 2 is 2.04 bits per heavy atom. The number of aromatic nitrogens is 4.